The third-order valence-electron chi connectivity index (χ3n) is 6.33. The third-order valence-corrected chi connectivity index (χ3v) is 6.33. The molecule has 0 bridgehead atoms. The van der Waals surface area contributed by atoms with Crippen LogP contribution in [0.25, 0.3) is 0 Å². The first-order valence-electron chi connectivity index (χ1n) is 10.4. The van der Waals surface area contributed by atoms with E-state index in [1.54, 1.807) is 11.0 Å². The number of cyclic esters (lactones) is 1. The molecule has 0 saturated carbocycles. The van der Waals surface area contributed by atoms with Crippen LogP contribution >= 0.6 is 0 Å². The Morgan fingerprint density at radius 1 is 1.21 bits per heavy atom. The highest BCUT2D eigenvalue weighted by molar-refractivity contribution is 5.99. The van der Waals surface area contributed by atoms with Crippen molar-refractivity contribution < 1.29 is 29.0 Å². The van der Waals surface area contributed by atoms with E-state index in [0.717, 1.165) is 12.8 Å². The summed E-state index contributed by atoms with van der Waals surface area (Å²) in [4.78, 5) is 42.8. The Labute approximate surface area is 170 Å². The summed E-state index contributed by atoms with van der Waals surface area (Å²) in [5.74, 6) is -2.64. The van der Waals surface area contributed by atoms with Crippen molar-refractivity contribution in [3.8, 4) is 0 Å². The summed E-state index contributed by atoms with van der Waals surface area (Å²) >= 11 is 0. The summed E-state index contributed by atoms with van der Waals surface area (Å²) in [7, 11) is 0. The smallest absolute Gasteiger partial charge is 0.312 e. The van der Waals surface area contributed by atoms with Gasteiger partial charge in [-0.1, -0.05) is 37.6 Å². The van der Waals surface area contributed by atoms with Gasteiger partial charge in [0.05, 0.1) is 25.2 Å². The van der Waals surface area contributed by atoms with Crippen molar-refractivity contribution in [2.75, 3.05) is 32.8 Å². The van der Waals surface area contributed by atoms with Crippen LogP contribution in [0, 0.1) is 11.8 Å². The highest BCUT2D eigenvalue weighted by Gasteiger charge is 2.71. The van der Waals surface area contributed by atoms with Crippen molar-refractivity contribution in [2.24, 2.45) is 11.8 Å². The Hall–Kier alpha value is -2.19. The van der Waals surface area contributed by atoms with Crippen LogP contribution < -0.4 is 0 Å². The van der Waals surface area contributed by atoms with Gasteiger partial charge in [0, 0.05) is 19.6 Å². The lowest BCUT2D eigenvalue weighted by molar-refractivity contribution is -0.155. The monoisotopic (exact) mass is 404 g/mol. The zero-order valence-corrected chi connectivity index (χ0v) is 16.7. The number of carbonyl (C=O) groups excluding carboxylic acids is 3. The normalized spacial score (nSPS) is 36.3. The van der Waals surface area contributed by atoms with E-state index < -0.39 is 35.6 Å². The van der Waals surface area contributed by atoms with E-state index in [0.29, 0.717) is 19.5 Å². The van der Waals surface area contributed by atoms with Crippen LogP contribution in [-0.4, -0.2) is 83.3 Å². The number of hydrogen-bond donors (Lipinski definition) is 1. The number of rotatable bonds is 5. The van der Waals surface area contributed by atoms with Gasteiger partial charge in [-0.2, -0.15) is 0 Å². The zero-order valence-electron chi connectivity index (χ0n) is 16.7. The van der Waals surface area contributed by atoms with Crippen molar-refractivity contribution in [3.63, 3.8) is 0 Å². The summed E-state index contributed by atoms with van der Waals surface area (Å²) < 4.78 is 11.7. The molecule has 1 unspecified atom stereocenters. The van der Waals surface area contributed by atoms with Gasteiger partial charge < -0.3 is 24.4 Å². The first-order valence-corrected chi connectivity index (χ1v) is 10.4. The number of aliphatic hydroxyl groups is 1. The highest BCUT2D eigenvalue weighted by atomic mass is 16.6. The van der Waals surface area contributed by atoms with Gasteiger partial charge in [0.25, 0.3) is 0 Å². The number of aliphatic hydroxyl groups excluding tert-OH is 1. The fraction of sp³-hybridized carbons (Fsp3) is 0.667. The minimum atomic E-state index is -1.23. The van der Waals surface area contributed by atoms with Crippen molar-refractivity contribution >= 4 is 17.8 Å². The molecule has 4 rings (SSSR count). The van der Waals surface area contributed by atoms with Crippen molar-refractivity contribution in [1.29, 1.82) is 0 Å². The number of fused-ring (bicyclic) bond motifs is 2. The van der Waals surface area contributed by atoms with Gasteiger partial charge in [-0.25, -0.2) is 0 Å². The van der Waals surface area contributed by atoms with Crippen LogP contribution in [0.5, 0.6) is 0 Å². The van der Waals surface area contributed by atoms with Crippen molar-refractivity contribution in [1.82, 2.24) is 9.80 Å². The summed E-state index contributed by atoms with van der Waals surface area (Å²) in [6, 6.07) is -0.891. The molecule has 29 heavy (non-hydrogen) atoms. The maximum absolute atomic E-state index is 13.5. The fourth-order valence-corrected chi connectivity index (χ4v) is 5.05. The summed E-state index contributed by atoms with van der Waals surface area (Å²) in [6.45, 7) is 3.10. The second-order valence-corrected chi connectivity index (χ2v) is 8.02. The molecule has 0 aromatic carbocycles. The molecular formula is C21H28N2O6. The SMILES string of the molecule is CCCCN1CC=C[C@]23O[C@H]4C=CCCOC(=O)[C@H]4[C@H]2C(=O)N(CCO)C3C1=O. The molecule has 0 aromatic rings. The molecule has 8 heteroatoms. The molecule has 5 atom stereocenters. The second-order valence-electron chi connectivity index (χ2n) is 8.02. The largest absolute Gasteiger partial charge is 0.465 e. The number of amides is 2. The van der Waals surface area contributed by atoms with Gasteiger partial charge >= 0.3 is 5.97 Å². The number of hydrogen-bond acceptors (Lipinski definition) is 6. The quantitative estimate of drug-likeness (QED) is 0.522. The maximum Gasteiger partial charge on any atom is 0.312 e. The predicted octanol–water partition coefficient (Wildman–Crippen LogP) is 0.261. The van der Waals surface area contributed by atoms with E-state index in [1.807, 2.05) is 18.2 Å². The van der Waals surface area contributed by atoms with Gasteiger partial charge in [-0.05, 0) is 12.8 Å². The molecule has 4 aliphatic heterocycles. The number of ether oxygens (including phenoxy) is 2. The Kier molecular flexibility index (Phi) is 5.48. The molecule has 1 N–H and O–H groups in total. The molecule has 0 radical (unpaired) electrons. The van der Waals surface area contributed by atoms with Crippen LogP contribution in [0.2, 0.25) is 0 Å². The highest BCUT2D eigenvalue weighted by Crippen LogP contribution is 2.53. The van der Waals surface area contributed by atoms with E-state index in [9.17, 15) is 19.5 Å². The summed E-state index contributed by atoms with van der Waals surface area (Å²) in [5, 5.41) is 9.55. The first-order chi connectivity index (χ1) is 14.0. The molecule has 0 aliphatic carbocycles. The summed E-state index contributed by atoms with van der Waals surface area (Å²) in [5.41, 5.74) is -1.23. The molecule has 1 spiro atoms. The number of β-amino-alcohol motifs (C(OH)–C–C–N with tert-alkyl or cyclic N) is 1. The molecule has 8 nitrogen and oxygen atoms in total. The molecule has 0 aromatic heterocycles. The molecule has 2 fully saturated rings. The molecule has 4 heterocycles. The van der Waals surface area contributed by atoms with Gasteiger partial charge in [0.1, 0.15) is 17.6 Å². The minimum Gasteiger partial charge on any atom is -0.465 e. The lowest BCUT2D eigenvalue weighted by Crippen LogP contribution is -2.55. The fourth-order valence-electron chi connectivity index (χ4n) is 5.05. The van der Waals surface area contributed by atoms with E-state index in [1.165, 1.54) is 4.90 Å². The van der Waals surface area contributed by atoms with E-state index in [2.05, 4.69) is 6.92 Å². The zero-order chi connectivity index (χ0) is 20.6. The molecule has 2 amide bonds. The van der Waals surface area contributed by atoms with E-state index >= 15 is 0 Å². The first kappa shape index (κ1) is 20.1. The van der Waals surface area contributed by atoms with E-state index in [-0.39, 0.29) is 31.6 Å². The number of carbonyl (C=O) groups is 3. The number of likely N-dealkylation sites (tertiary alicyclic amines) is 1. The Morgan fingerprint density at radius 3 is 2.79 bits per heavy atom. The molecule has 4 aliphatic rings. The van der Waals surface area contributed by atoms with Crippen molar-refractivity contribution in [2.45, 2.75) is 43.9 Å². The maximum atomic E-state index is 13.5. The second kappa shape index (κ2) is 7.91. The predicted molar refractivity (Wildman–Crippen MR) is 103 cm³/mol. The average molecular weight is 404 g/mol. The Bertz CT molecular complexity index is 749. The third kappa shape index (κ3) is 3.09. The number of unbranched alkanes of at least 4 members (excludes halogenated alkanes) is 1. The standard InChI is InChI=1S/C21H28N2O6/c1-2-3-9-22-10-6-8-21-16(18(25)23(11-12-24)17(21)19(22)26)15-14(29-21)7-4-5-13-28-20(15)27/h4,6-8,14-17,24H,2-3,5,9-13H2,1H3/t14-,15+,16-,17?,21-/m0/s1. The minimum absolute atomic E-state index is 0.0224. The Morgan fingerprint density at radius 2 is 2.03 bits per heavy atom. The molecule has 2 saturated heterocycles. The van der Waals surface area contributed by atoms with Gasteiger partial charge in [0.15, 0.2) is 0 Å². The van der Waals surface area contributed by atoms with Crippen LogP contribution in [0.15, 0.2) is 24.3 Å². The van der Waals surface area contributed by atoms with Gasteiger partial charge in [-0.15, -0.1) is 0 Å². The average Bonchev–Trinajstić information content (AvgIpc) is 3.06. The number of nitrogens with zero attached hydrogens (tertiary/aromatic N) is 2. The molecular weight excluding hydrogens is 376 g/mol. The van der Waals surface area contributed by atoms with E-state index in [4.69, 9.17) is 9.47 Å². The van der Waals surface area contributed by atoms with Crippen LogP contribution in [-0.2, 0) is 23.9 Å². The van der Waals surface area contributed by atoms with Crippen LogP contribution in [0.1, 0.15) is 26.2 Å². The topological polar surface area (TPSA) is 96.4 Å². The van der Waals surface area contributed by atoms with Gasteiger partial charge in [0.2, 0.25) is 11.8 Å². The summed E-state index contributed by atoms with van der Waals surface area (Å²) in [6.07, 6.45) is 9.15. The lowest BCUT2D eigenvalue weighted by Gasteiger charge is -2.35. The van der Waals surface area contributed by atoms with Gasteiger partial charge in [-0.3, -0.25) is 14.4 Å². The van der Waals surface area contributed by atoms with Crippen molar-refractivity contribution in [3.05, 3.63) is 24.3 Å². The molecule has 158 valence electrons. The lowest BCUT2D eigenvalue weighted by atomic mass is 9.77. The van der Waals surface area contributed by atoms with Crippen LogP contribution in [0.3, 0.4) is 0 Å². The number of esters is 1. The van der Waals surface area contributed by atoms with Crippen LogP contribution in [0.4, 0.5) is 0 Å². The Balaban J connectivity index is 1.78.